The molecular formula is C14H7ClN6O. The molecule has 0 amide bonds. The van der Waals surface area contributed by atoms with Crippen LogP contribution in [0.25, 0.3) is 11.5 Å². The molecule has 106 valence electrons. The second kappa shape index (κ2) is 5.68. The van der Waals surface area contributed by atoms with Crippen molar-refractivity contribution in [3.05, 3.63) is 52.8 Å². The molecule has 2 aromatic heterocycles. The van der Waals surface area contributed by atoms with Crippen molar-refractivity contribution in [3.8, 4) is 23.6 Å². The van der Waals surface area contributed by atoms with Crippen LogP contribution >= 0.6 is 11.6 Å². The fraction of sp³-hybridized carbons (Fsp3) is 0.0714. The van der Waals surface area contributed by atoms with Gasteiger partial charge in [0.1, 0.15) is 12.1 Å². The summed E-state index contributed by atoms with van der Waals surface area (Å²) in [4.78, 5) is 8.10. The summed E-state index contributed by atoms with van der Waals surface area (Å²) >= 11 is 5.92. The summed E-state index contributed by atoms with van der Waals surface area (Å²) in [6.45, 7) is 0.182. The van der Waals surface area contributed by atoms with Crippen LogP contribution < -0.4 is 0 Å². The van der Waals surface area contributed by atoms with Gasteiger partial charge < -0.3 is 9.09 Å². The number of benzene rings is 1. The first kappa shape index (κ1) is 13.8. The van der Waals surface area contributed by atoms with Crippen LogP contribution in [0.3, 0.4) is 0 Å². The van der Waals surface area contributed by atoms with Crippen LogP contribution in [-0.2, 0) is 6.54 Å². The summed E-state index contributed by atoms with van der Waals surface area (Å²) in [5, 5.41) is 22.4. The van der Waals surface area contributed by atoms with Gasteiger partial charge in [-0.25, -0.2) is 4.98 Å². The number of nitriles is 2. The van der Waals surface area contributed by atoms with Crippen LogP contribution in [0.1, 0.15) is 17.2 Å². The molecule has 0 unspecified atom stereocenters. The zero-order valence-electron chi connectivity index (χ0n) is 11.1. The Kier molecular flexibility index (Phi) is 3.57. The maximum Gasteiger partial charge on any atom is 0.258 e. The Hall–Kier alpha value is -3.16. The largest absolute Gasteiger partial charge is 0.334 e. The van der Waals surface area contributed by atoms with Crippen LogP contribution in [0.2, 0.25) is 5.02 Å². The molecule has 0 N–H and O–H groups in total. The highest BCUT2D eigenvalue weighted by Crippen LogP contribution is 2.21. The quantitative estimate of drug-likeness (QED) is 0.735. The van der Waals surface area contributed by atoms with Crippen molar-refractivity contribution in [2.24, 2.45) is 0 Å². The van der Waals surface area contributed by atoms with Gasteiger partial charge in [-0.2, -0.15) is 15.5 Å². The molecule has 0 atom stereocenters. The molecule has 2 heterocycles. The molecule has 0 aliphatic heterocycles. The molecule has 0 bridgehead atoms. The molecule has 0 aliphatic rings. The molecule has 0 spiro atoms. The van der Waals surface area contributed by atoms with Crippen molar-refractivity contribution in [3.63, 3.8) is 0 Å². The molecule has 0 saturated heterocycles. The first-order valence-electron chi connectivity index (χ1n) is 6.15. The van der Waals surface area contributed by atoms with E-state index in [0.29, 0.717) is 22.3 Å². The Bertz CT molecular complexity index is 914. The van der Waals surface area contributed by atoms with Crippen LogP contribution in [0.5, 0.6) is 0 Å². The van der Waals surface area contributed by atoms with Gasteiger partial charge in [-0.1, -0.05) is 22.8 Å². The van der Waals surface area contributed by atoms with E-state index in [9.17, 15) is 0 Å². The number of imidazole rings is 1. The number of hydrogen-bond donors (Lipinski definition) is 0. The zero-order chi connectivity index (χ0) is 15.5. The van der Waals surface area contributed by atoms with E-state index in [1.807, 2.05) is 12.1 Å². The molecule has 1 aromatic carbocycles. The van der Waals surface area contributed by atoms with Gasteiger partial charge >= 0.3 is 0 Å². The van der Waals surface area contributed by atoms with Gasteiger partial charge in [-0.15, -0.1) is 0 Å². The highest BCUT2D eigenvalue weighted by Gasteiger charge is 2.14. The minimum Gasteiger partial charge on any atom is -0.334 e. The third-order valence-electron chi connectivity index (χ3n) is 2.90. The summed E-state index contributed by atoms with van der Waals surface area (Å²) in [7, 11) is 0. The minimum atomic E-state index is 0.0704. The monoisotopic (exact) mass is 310 g/mol. The van der Waals surface area contributed by atoms with E-state index in [0.717, 1.165) is 0 Å². The Morgan fingerprint density at radius 3 is 2.86 bits per heavy atom. The van der Waals surface area contributed by atoms with Crippen molar-refractivity contribution in [1.29, 1.82) is 10.5 Å². The van der Waals surface area contributed by atoms with E-state index in [1.54, 1.807) is 24.3 Å². The first-order valence-corrected chi connectivity index (χ1v) is 6.53. The molecule has 3 aromatic rings. The normalized spacial score (nSPS) is 10.1. The van der Waals surface area contributed by atoms with Crippen molar-refractivity contribution < 1.29 is 4.52 Å². The van der Waals surface area contributed by atoms with Crippen molar-refractivity contribution in [2.75, 3.05) is 0 Å². The lowest BCUT2D eigenvalue weighted by Gasteiger charge is -1.97. The average Bonchev–Trinajstić information content (AvgIpc) is 3.14. The number of hydrogen-bond acceptors (Lipinski definition) is 6. The highest BCUT2D eigenvalue weighted by atomic mass is 35.5. The lowest BCUT2D eigenvalue weighted by atomic mass is 10.2. The number of rotatable bonds is 3. The van der Waals surface area contributed by atoms with Crippen LogP contribution in [0.4, 0.5) is 0 Å². The molecular weight excluding hydrogens is 304 g/mol. The van der Waals surface area contributed by atoms with Gasteiger partial charge in [0.2, 0.25) is 0 Å². The maximum absolute atomic E-state index is 9.07. The standard InChI is InChI=1S/C14H7ClN6O/c15-10-3-1-2-9(4-10)14-19-13(20-22-14)7-21-8-18-11(5-16)12(21)6-17/h1-4,8H,7H2. The van der Waals surface area contributed by atoms with Gasteiger partial charge in [0.15, 0.2) is 17.2 Å². The number of aromatic nitrogens is 4. The van der Waals surface area contributed by atoms with Crippen molar-refractivity contribution >= 4 is 11.6 Å². The predicted octanol–water partition coefficient (Wildman–Crippen LogP) is 2.38. The topological polar surface area (TPSA) is 104 Å². The lowest BCUT2D eigenvalue weighted by Crippen LogP contribution is -2.03. The van der Waals surface area contributed by atoms with Crippen molar-refractivity contribution in [2.45, 2.75) is 6.54 Å². The fourth-order valence-electron chi connectivity index (χ4n) is 1.91. The van der Waals surface area contributed by atoms with Gasteiger partial charge in [-0.3, -0.25) is 0 Å². The van der Waals surface area contributed by atoms with E-state index < -0.39 is 0 Å². The molecule has 7 nitrogen and oxygen atoms in total. The number of halogens is 1. The Labute approximate surface area is 130 Å². The fourth-order valence-corrected chi connectivity index (χ4v) is 2.10. The molecule has 0 radical (unpaired) electrons. The zero-order valence-corrected chi connectivity index (χ0v) is 11.8. The third kappa shape index (κ3) is 2.53. The van der Waals surface area contributed by atoms with E-state index in [1.165, 1.54) is 10.9 Å². The first-order chi connectivity index (χ1) is 10.7. The number of nitrogens with zero attached hydrogens (tertiary/aromatic N) is 6. The Morgan fingerprint density at radius 2 is 2.14 bits per heavy atom. The van der Waals surface area contributed by atoms with E-state index in [4.69, 9.17) is 26.6 Å². The van der Waals surface area contributed by atoms with Crippen LogP contribution in [-0.4, -0.2) is 19.7 Å². The summed E-state index contributed by atoms with van der Waals surface area (Å²) < 4.78 is 6.67. The predicted molar refractivity (Wildman–Crippen MR) is 75.5 cm³/mol. The molecule has 8 heteroatoms. The second-order valence-corrected chi connectivity index (χ2v) is 4.76. The van der Waals surface area contributed by atoms with Crippen LogP contribution in [0.15, 0.2) is 35.1 Å². The summed E-state index contributed by atoms with van der Waals surface area (Å²) in [6, 6.07) is 10.8. The van der Waals surface area contributed by atoms with Gasteiger partial charge in [0.25, 0.3) is 5.89 Å². The average molecular weight is 311 g/mol. The van der Waals surface area contributed by atoms with Crippen LogP contribution in [0, 0.1) is 22.7 Å². The van der Waals surface area contributed by atoms with Gasteiger partial charge in [0, 0.05) is 10.6 Å². The highest BCUT2D eigenvalue weighted by molar-refractivity contribution is 6.30. The summed E-state index contributed by atoms with van der Waals surface area (Å²) in [5.74, 6) is 0.699. The van der Waals surface area contributed by atoms with E-state index in [2.05, 4.69) is 15.1 Å². The van der Waals surface area contributed by atoms with E-state index in [-0.39, 0.29) is 17.9 Å². The summed E-state index contributed by atoms with van der Waals surface area (Å²) in [6.07, 6.45) is 1.40. The molecule has 0 aliphatic carbocycles. The third-order valence-corrected chi connectivity index (χ3v) is 3.14. The van der Waals surface area contributed by atoms with E-state index >= 15 is 0 Å². The molecule has 0 saturated carbocycles. The minimum absolute atomic E-state index is 0.0704. The smallest absolute Gasteiger partial charge is 0.258 e. The summed E-state index contributed by atoms with van der Waals surface area (Å²) in [5.41, 5.74) is 0.938. The SMILES string of the molecule is N#Cc1ncn(Cc2noc(-c3cccc(Cl)c3)n2)c1C#N. The molecule has 3 rings (SSSR count). The lowest BCUT2D eigenvalue weighted by molar-refractivity contribution is 0.420. The van der Waals surface area contributed by atoms with Crippen molar-refractivity contribution in [1.82, 2.24) is 19.7 Å². The Balaban J connectivity index is 1.88. The molecule has 0 fully saturated rings. The van der Waals surface area contributed by atoms with Gasteiger partial charge in [-0.05, 0) is 18.2 Å². The Morgan fingerprint density at radius 1 is 1.27 bits per heavy atom. The maximum atomic E-state index is 9.07. The second-order valence-electron chi connectivity index (χ2n) is 4.32. The van der Waals surface area contributed by atoms with Gasteiger partial charge in [0.05, 0.1) is 12.9 Å². The molecule has 22 heavy (non-hydrogen) atoms.